The zero-order valence-electron chi connectivity index (χ0n) is 22.1. The third-order valence-electron chi connectivity index (χ3n) is 6.67. The van der Waals surface area contributed by atoms with Gasteiger partial charge in [0.15, 0.2) is 23.0 Å². The van der Waals surface area contributed by atoms with Gasteiger partial charge in [0.1, 0.15) is 18.5 Å². The van der Waals surface area contributed by atoms with Crippen LogP contribution in [0, 0.1) is 3.57 Å². The van der Waals surface area contributed by atoms with Gasteiger partial charge in [-0.3, -0.25) is 14.4 Å². The van der Waals surface area contributed by atoms with Crippen LogP contribution >= 0.6 is 22.6 Å². The fourth-order valence-corrected chi connectivity index (χ4v) is 5.42. The van der Waals surface area contributed by atoms with E-state index in [0.29, 0.717) is 32.5 Å². The Morgan fingerprint density at radius 1 is 1.23 bits per heavy atom. The fraction of sp³-hybridized carbons (Fsp3) is 0.393. The molecule has 2 aliphatic rings. The Kier molecular flexibility index (Phi) is 9.87. The Morgan fingerprint density at radius 2 is 2.00 bits per heavy atom. The topological polar surface area (TPSA) is 144 Å². The van der Waals surface area contributed by atoms with E-state index in [2.05, 4.69) is 5.32 Å². The third-order valence-corrected chi connectivity index (χ3v) is 7.47. The molecule has 0 saturated heterocycles. The van der Waals surface area contributed by atoms with Crippen molar-refractivity contribution >= 4 is 40.7 Å². The molecule has 1 aliphatic carbocycles. The Bertz CT molecular complexity index is 1300. The van der Waals surface area contributed by atoms with Crippen LogP contribution in [0.2, 0.25) is 0 Å². The van der Waals surface area contributed by atoms with Crippen molar-refractivity contribution in [3.63, 3.8) is 0 Å². The maximum atomic E-state index is 13.2. The molecule has 0 aromatic heterocycles. The highest BCUT2D eigenvalue weighted by Crippen LogP contribution is 2.38. The number of benzene rings is 2. The highest BCUT2D eigenvalue weighted by Gasteiger charge is 2.40. The van der Waals surface area contributed by atoms with Crippen molar-refractivity contribution in [1.82, 2.24) is 10.2 Å². The van der Waals surface area contributed by atoms with E-state index in [1.807, 2.05) is 28.7 Å². The van der Waals surface area contributed by atoms with E-state index >= 15 is 0 Å². The van der Waals surface area contributed by atoms with Gasteiger partial charge < -0.3 is 39.4 Å². The number of halogens is 1. The van der Waals surface area contributed by atoms with Crippen LogP contribution in [0.5, 0.6) is 23.0 Å². The zero-order valence-corrected chi connectivity index (χ0v) is 24.3. The molecule has 2 aromatic rings. The van der Waals surface area contributed by atoms with Crippen molar-refractivity contribution in [2.24, 2.45) is 0 Å². The molecule has 2 aromatic carbocycles. The maximum absolute atomic E-state index is 13.2. The number of amides is 2. The van der Waals surface area contributed by atoms with Crippen molar-refractivity contribution in [3.8, 4) is 23.0 Å². The van der Waals surface area contributed by atoms with Gasteiger partial charge in [0.05, 0.1) is 23.3 Å². The molecule has 0 fully saturated rings. The van der Waals surface area contributed by atoms with Gasteiger partial charge in [-0.15, -0.1) is 0 Å². The van der Waals surface area contributed by atoms with Gasteiger partial charge in [-0.05, 0) is 58.5 Å². The maximum Gasteiger partial charge on any atom is 0.247 e. The standard InChI is InChI=1S/C28H31IN2O9/c1-3-25(34)31(13-16-4-5-21-22(9-16)39-15-38-21)20-11-18(28(36)30-6-7-32)12-23(26(20)35)40-27-19(29)8-17(14-33)10-24(27)37-2/h4-5,8-10,12,14,20,23,26,32,35H,3,6-7,11,13,15H2,1-2H3,(H,30,36). The normalized spacial score (nSPS) is 19.4. The van der Waals surface area contributed by atoms with Crippen LogP contribution in [0.3, 0.4) is 0 Å². The number of nitrogens with one attached hydrogen (secondary N) is 1. The Labute approximate surface area is 245 Å². The van der Waals surface area contributed by atoms with E-state index in [0.717, 1.165) is 5.56 Å². The number of carbonyl (C=O) groups excluding carboxylic acids is 3. The summed E-state index contributed by atoms with van der Waals surface area (Å²) in [6.45, 7) is 1.80. The molecule has 0 bridgehead atoms. The van der Waals surface area contributed by atoms with Crippen molar-refractivity contribution in [3.05, 3.63) is 56.7 Å². The highest BCUT2D eigenvalue weighted by atomic mass is 127. The summed E-state index contributed by atoms with van der Waals surface area (Å²) in [7, 11) is 1.43. The lowest BCUT2D eigenvalue weighted by atomic mass is 9.87. The van der Waals surface area contributed by atoms with Crippen LogP contribution in [-0.2, 0) is 16.1 Å². The summed E-state index contributed by atoms with van der Waals surface area (Å²) in [5.74, 6) is 1.08. The van der Waals surface area contributed by atoms with Gasteiger partial charge in [-0.25, -0.2) is 0 Å². The number of aliphatic hydroxyl groups is 2. The van der Waals surface area contributed by atoms with Crippen LogP contribution in [0.25, 0.3) is 0 Å². The molecule has 2 amide bonds. The highest BCUT2D eigenvalue weighted by molar-refractivity contribution is 14.1. The molecule has 0 radical (unpaired) electrons. The molecule has 3 N–H and O–H groups in total. The number of aliphatic hydroxyl groups excluding tert-OH is 2. The first kappa shape index (κ1) is 29.6. The average Bonchev–Trinajstić information content (AvgIpc) is 3.44. The second-order valence-electron chi connectivity index (χ2n) is 9.23. The summed E-state index contributed by atoms with van der Waals surface area (Å²) in [6.07, 6.45) is 0.188. The number of methoxy groups -OCH3 is 1. The molecule has 40 heavy (non-hydrogen) atoms. The molecule has 0 spiro atoms. The summed E-state index contributed by atoms with van der Waals surface area (Å²) in [5, 5.41) is 23.4. The number of fused-ring (bicyclic) bond motifs is 1. The number of carbonyl (C=O) groups is 3. The first-order chi connectivity index (χ1) is 19.3. The van der Waals surface area contributed by atoms with Crippen LogP contribution in [0.4, 0.5) is 0 Å². The Morgan fingerprint density at radius 3 is 2.70 bits per heavy atom. The molecule has 3 unspecified atom stereocenters. The van der Waals surface area contributed by atoms with E-state index in [9.17, 15) is 24.6 Å². The first-order valence-corrected chi connectivity index (χ1v) is 13.8. The van der Waals surface area contributed by atoms with Crippen molar-refractivity contribution < 1.29 is 43.5 Å². The van der Waals surface area contributed by atoms with Gasteiger partial charge in [-0.1, -0.05) is 13.0 Å². The predicted octanol–water partition coefficient (Wildman–Crippen LogP) is 2.20. The number of hydrogen-bond acceptors (Lipinski definition) is 9. The van der Waals surface area contributed by atoms with Crippen molar-refractivity contribution in [2.75, 3.05) is 27.1 Å². The minimum absolute atomic E-state index is 0.0442. The van der Waals surface area contributed by atoms with Crippen molar-refractivity contribution in [1.29, 1.82) is 0 Å². The number of nitrogens with zero attached hydrogens (tertiary/aromatic N) is 1. The second kappa shape index (κ2) is 13.3. The van der Waals surface area contributed by atoms with Crippen molar-refractivity contribution in [2.45, 2.75) is 44.6 Å². The monoisotopic (exact) mass is 666 g/mol. The number of hydrogen-bond donors (Lipinski definition) is 3. The van der Waals surface area contributed by atoms with Gasteiger partial charge in [-0.2, -0.15) is 0 Å². The SMILES string of the molecule is CCC(=O)N(Cc1ccc2c(c1)OCO2)C1CC(C(=O)NCCO)=CC(Oc2c(I)cc(C=O)cc2OC)C1O. The lowest BCUT2D eigenvalue weighted by molar-refractivity contribution is -0.139. The van der Waals surface area contributed by atoms with Crippen LogP contribution in [-0.4, -0.2) is 78.5 Å². The van der Waals surface area contributed by atoms with E-state index in [4.69, 9.17) is 18.9 Å². The summed E-state index contributed by atoms with van der Waals surface area (Å²) >= 11 is 2.00. The van der Waals surface area contributed by atoms with Gasteiger partial charge in [0, 0.05) is 37.1 Å². The minimum Gasteiger partial charge on any atom is -0.493 e. The molecule has 1 aliphatic heterocycles. The van der Waals surface area contributed by atoms with Crippen LogP contribution in [0.15, 0.2) is 42.0 Å². The molecular weight excluding hydrogens is 635 g/mol. The summed E-state index contributed by atoms with van der Waals surface area (Å²) in [5.41, 5.74) is 1.45. The summed E-state index contributed by atoms with van der Waals surface area (Å²) in [4.78, 5) is 39.1. The van der Waals surface area contributed by atoms with E-state index in [-0.39, 0.29) is 56.7 Å². The minimum atomic E-state index is -1.22. The summed E-state index contributed by atoms with van der Waals surface area (Å²) < 4.78 is 23.1. The number of aldehydes is 1. The molecule has 0 saturated carbocycles. The number of ether oxygens (including phenoxy) is 4. The largest absolute Gasteiger partial charge is 0.493 e. The quantitative estimate of drug-likeness (QED) is 0.243. The smallest absolute Gasteiger partial charge is 0.247 e. The van der Waals surface area contributed by atoms with Gasteiger partial charge in [0.2, 0.25) is 18.6 Å². The second-order valence-corrected chi connectivity index (χ2v) is 10.4. The Balaban J connectivity index is 1.70. The summed E-state index contributed by atoms with van der Waals surface area (Å²) in [6, 6.07) is 7.68. The van der Waals surface area contributed by atoms with E-state index < -0.39 is 24.2 Å². The molecule has 214 valence electrons. The fourth-order valence-electron chi connectivity index (χ4n) is 4.67. The molecule has 3 atom stereocenters. The predicted molar refractivity (Wildman–Crippen MR) is 152 cm³/mol. The van der Waals surface area contributed by atoms with Gasteiger partial charge >= 0.3 is 0 Å². The first-order valence-electron chi connectivity index (χ1n) is 12.7. The van der Waals surface area contributed by atoms with E-state index in [1.54, 1.807) is 30.0 Å². The molecule has 1 heterocycles. The lowest BCUT2D eigenvalue weighted by Gasteiger charge is -2.40. The molecular formula is C28H31IN2O9. The number of rotatable bonds is 11. The lowest BCUT2D eigenvalue weighted by Crippen LogP contribution is -2.54. The molecule has 4 rings (SSSR count). The van der Waals surface area contributed by atoms with Gasteiger partial charge in [0.25, 0.3) is 0 Å². The van der Waals surface area contributed by atoms with E-state index in [1.165, 1.54) is 19.3 Å². The Hall–Kier alpha value is -3.36. The average molecular weight is 666 g/mol. The zero-order chi connectivity index (χ0) is 28.8. The van der Waals surface area contributed by atoms with Crippen LogP contribution < -0.4 is 24.3 Å². The molecule has 11 nitrogen and oxygen atoms in total. The molecule has 12 heteroatoms. The third kappa shape index (κ3) is 6.50. The van der Waals surface area contributed by atoms with Crippen LogP contribution in [0.1, 0.15) is 35.7 Å².